The first-order valence-corrected chi connectivity index (χ1v) is 10.4. The van der Waals surface area contributed by atoms with E-state index < -0.39 is 29.8 Å². The molecule has 28 heavy (non-hydrogen) atoms. The molecule has 0 aliphatic rings. The van der Waals surface area contributed by atoms with Crippen molar-refractivity contribution >= 4 is 11.8 Å². The van der Waals surface area contributed by atoms with Gasteiger partial charge in [0.15, 0.2) is 0 Å². The SMILES string of the molecule is CCCCCCC(=O)CCCCCC/C=C/[C@H](O)[C@@H](O)[C@H](O)[C@@](C)(N)C(=O)O. The lowest BCUT2D eigenvalue weighted by Crippen LogP contribution is -2.61. The van der Waals surface area contributed by atoms with E-state index in [1.807, 2.05) is 0 Å². The predicted octanol–water partition coefficient (Wildman–Crippen LogP) is 2.31. The molecule has 0 amide bonds. The molecular formula is C21H39NO6. The Labute approximate surface area is 168 Å². The molecule has 0 aliphatic heterocycles. The minimum atomic E-state index is -2.05. The molecule has 0 bridgehead atoms. The zero-order chi connectivity index (χ0) is 21.6. The Balaban J connectivity index is 3.89. The zero-order valence-electron chi connectivity index (χ0n) is 17.3. The second kappa shape index (κ2) is 14.7. The van der Waals surface area contributed by atoms with Crippen LogP contribution in [0, 0.1) is 0 Å². The average molecular weight is 402 g/mol. The molecule has 0 radical (unpaired) electrons. The van der Waals surface area contributed by atoms with Crippen LogP contribution in [0.4, 0.5) is 0 Å². The Kier molecular flexibility index (Phi) is 14.0. The third-order valence-corrected chi connectivity index (χ3v) is 4.97. The van der Waals surface area contributed by atoms with Crippen molar-refractivity contribution in [3.63, 3.8) is 0 Å². The lowest BCUT2D eigenvalue weighted by atomic mass is 9.89. The Morgan fingerprint density at radius 3 is 2.04 bits per heavy atom. The van der Waals surface area contributed by atoms with Crippen molar-refractivity contribution < 1.29 is 30.0 Å². The molecule has 0 spiro atoms. The largest absolute Gasteiger partial charge is 0.480 e. The fraction of sp³-hybridized carbons (Fsp3) is 0.810. The molecule has 0 aromatic carbocycles. The molecule has 164 valence electrons. The summed E-state index contributed by atoms with van der Waals surface area (Å²) in [6.45, 7) is 3.23. The number of ketones is 1. The standard InChI is InChI=1S/C21H39NO6/c1-3-4-5-10-13-16(23)14-11-8-6-7-9-12-15-17(24)18(25)19(26)21(2,22)20(27)28/h12,15,17-19,24-26H,3-11,13-14,22H2,1-2H3,(H,27,28)/b15-12+/t17-,18+,19-,21+/m0/s1. The normalized spacial score (nSPS) is 17.2. The number of aliphatic hydroxyl groups is 3. The molecule has 0 saturated heterocycles. The molecule has 0 unspecified atom stereocenters. The molecule has 0 saturated carbocycles. The minimum absolute atomic E-state index is 0.347. The highest BCUT2D eigenvalue weighted by Crippen LogP contribution is 2.15. The van der Waals surface area contributed by atoms with Gasteiger partial charge in [-0.2, -0.15) is 0 Å². The molecule has 0 rings (SSSR count). The molecular weight excluding hydrogens is 362 g/mol. The van der Waals surface area contributed by atoms with Crippen molar-refractivity contribution in [3.8, 4) is 0 Å². The topological polar surface area (TPSA) is 141 Å². The van der Waals surface area contributed by atoms with E-state index in [1.54, 1.807) is 6.08 Å². The van der Waals surface area contributed by atoms with Gasteiger partial charge in [-0.3, -0.25) is 9.59 Å². The van der Waals surface area contributed by atoms with Crippen LogP contribution in [-0.2, 0) is 9.59 Å². The van der Waals surface area contributed by atoms with Gasteiger partial charge in [-0.05, 0) is 32.6 Å². The third kappa shape index (κ3) is 10.9. The van der Waals surface area contributed by atoms with Crippen LogP contribution in [0.3, 0.4) is 0 Å². The lowest BCUT2D eigenvalue weighted by molar-refractivity contribution is -0.153. The first kappa shape index (κ1) is 26.7. The predicted molar refractivity (Wildman–Crippen MR) is 109 cm³/mol. The van der Waals surface area contributed by atoms with E-state index in [0.29, 0.717) is 25.0 Å². The third-order valence-electron chi connectivity index (χ3n) is 4.97. The minimum Gasteiger partial charge on any atom is -0.480 e. The molecule has 7 heteroatoms. The molecule has 0 aromatic heterocycles. The first-order chi connectivity index (χ1) is 13.1. The summed E-state index contributed by atoms with van der Waals surface area (Å²) in [4.78, 5) is 22.7. The van der Waals surface area contributed by atoms with Gasteiger partial charge >= 0.3 is 5.97 Å². The quantitative estimate of drug-likeness (QED) is 0.186. The van der Waals surface area contributed by atoms with Crippen molar-refractivity contribution in [1.82, 2.24) is 0 Å². The molecule has 0 aromatic rings. The number of hydrogen-bond donors (Lipinski definition) is 5. The van der Waals surface area contributed by atoms with Crippen LogP contribution in [-0.4, -0.2) is 56.0 Å². The van der Waals surface area contributed by atoms with E-state index in [9.17, 15) is 24.9 Å². The van der Waals surface area contributed by atoms with E-state index in [1.165, 1.54) is 18.9 Å². The number of carbonyl (C=O) groups excluding carboxylic acids is 1. The number of hydrogen-bond acceptors (Lipinski definition) is 6. The summed E-state index contributed by atoms with van der Waals surface area (Å²) in [5.41, 5.74) is 3.40. The van der Waals surface area contributed by atoms with Crippen LogP contribution in [0.5, 0.6) is 0 Å². The second-order valence-electron chi connectivity index (χ2n) is 7.74. The zero-order valence-corrected chi connectivity index (χ0v) is 17.3. The number of aliphatic carboxylic acids is 1. The maximum Gasteiger partial charge on any atom is 0.326 e. The van der Waals surface area contributed by atoms with Crippen molar-refractivity contribution in [3.05, 3.63) is 12.2 Å². The average Bonchev–Trinajstić information content (AvgIpc) is 2.65. The van der Waals surface area contributed by atoms with E-state index >= 15 is 0 Å². The van der Waals surface area contributed by atoms with Gasteiger partial charge in [-0.1, -0.05) is 51.2 Å². The number of rotatable bonds is 17. The number of allylic oxidation sites excluding steroid dienone is 1. The fourth-order valence-corrected chi connectivity index (χ4v) is 2.83. The fourth-order valence-electron chi connectivity index (χ4n) is 2.83. The highest BCUT2D eigenvalue weighted by Gasteiger charge is 2.42. The van der Waals surface area contributed by atoms with Gasteiger partial charge in [0.05, 0.1) is 0 Å². The number of carboxylic acid groups (broad SMARTS) is 1. The monoisotopic (exact) mass is 401 g/mol. The Hall–Kier alpha value is -1.28. The van der Waals surface area contributed by atoms with Crippen molar-refractivity contribution in [2.75, 3.05) is 0 Å². The second-order valence-corrected chi connectivity index (χ2v) is 7.74. The van der Waals surface area contributed by atoms with Crippen LogP contribution in [0.2, 0.25) is 0 Å². The first-order valence-electron chi connectivity index (χ1n) is 10.4. The summed E-state index contributed by atoms with van der Waals surface area (Å²) in [6.07, 6.45) is 8.38. The van der Waals surface area contributed by atoms with Gasteiger partial charge in [0.2, 0.25) is 0 Å². The number of Topliss-reactive ketones (excluding diaryl/α,β-unsaturated/α-hetero) is 1. The summed E-state index contributed by atoms with van der Waals surface area (Å²) in [5.74, 6) is -1.12. The van der Waals surface area contributed by atoms with Crippen molar-refractivity contribution in [1.29, 1.82) is 0 Å². The molecule has 7 nitrogen and oxygen atoms in total. The van der Waals surface area contributed by atoms with Crippen LogP contribution in [0.1, 0.15) is 84.5 Å². The Morgan fingerprint density at radius 2 is 1.50 bits per heavy atom. The molecule has 6 N–H and O–H groups in total. The van der Waals surface area contributed by atoms with E-state index in [4.69, 9.17) is 10.8 Å². The van der Waals surface area contributed by atoms with Gasteiger partial charge < -0.3 is 26.2 Å². The number of unbranched alkanes of at least 4 members (excludes halogenated alkanes) is 7. The summed E-state index contributed by atoms with van der Waals surface area (Å²) >= 11 is 0. The van der Waals surface area contributed by atoms with E-state index in [-0.39, 0.29) is 0 Å². The van der Waals surface area contributed by atoms with Gasteiger partial charge in [-0.15, -0.1) is 0 Å². The van der Waals surface area contributed by atoms with E-state index in [0.717, 1.165) is 45.4 Å². The van der Waals surface area contributed by atoms with Crippen LogP contribution in [0.25, 0.3) is 0 Å². The Bertz CT molecular complexity index is 478. The molecule has 4 atom stereocenters. The van der Waals surface area contributed by atoms with Gasteiger partial charge in [0.1, 0.15) is 29.6 Å². The number of nitrogens with two attached hydrogens (primary N) is 1. The number of aliphatic hydroxyl groups excluding tert-OH is 3. The smallest absolute Gasteiger partial charge is 0.326 e. The molecule has 0 fully saturated rings. The maximum absolute atomic E-state index is 11.7. The summed E-state index contributed by atoms with van der Waals surface area (Å²) in [7, 11) is 0. The van der Waals surface area contributed by atoms with Crippen molar-refractivity contribution in [2.45, 2.75) is 108 Å². The summed E-state index contributed by atoms with van der Waals surface area (Å²) < 4.78 is 0. The summed E-state index contributed by atoms with van der Waals surface area (Å²) in [6, 6.07) is 0. The lowest BCUT2D eigenvalue weighted by Gasteiger charge is -2.31. The number of carbonyl (C=O) groups is 2. The van der Waals surface area contributed by atoms with Gasteiger partial charge in [0, 0.05) is 12.8 Å². The number of carboxylic acids is 1. The van der Waals surface area contributed by atoms with E-state index in [2.05, 4.69) is 6.92 Å². The molecule has 0 heterocycles. The molecule has 0 aliphatic carbocycles. The summed E-state index contributed by atoms with van der Waals surface area (Å²) in [5, 5.41) is 38.5. The van der Waals surface area contributed by atoms with Crippen LogP contribution < -0.4 is 5.73 Å². The highest BCUT2D eigenvalue weighted by molar-refractivity contribution is 5.79. The highest BCUT2D eigenvalue weighted by atomic mass is 16.4. The maximum atomic E-state index is 11.7. The van der Waals surface area contributed by atoms with Crippen LogP contribution >= 0.6 is 0 Å². The van der Waals surface area contributed by atoms with Crippen LogP contribution in [0.15, 0.2) is 12.2 Å². The van der Waals surface area contributed by atoms with Gasteiger partial charge in [0.25, 0.3) is 0 Å². The van der Waals surface area contributed by atoms with Gasteiger partial charge in [-0.25, -0.2) is 0 Å². The van der Waals surface area contributed by atoms with Crippen molar-refractivity contribution in [2.24, 2.45) is 5.73 Å². The Morgan fingerprint density at radius 1 is 0.964 bits per heavy atom.